The summed E-state index contributed by atoms with van der Waals surface area (Å²) >= 11 is 0. The fourth-order valence-corrected chi connectivity index (χ4v) is 4.64. The molecule has 0 spiro atoms. The van der Waals surface area contributed by atoms with E-state index in [-0.39, 0.29) is 0 Å². The van der Waals surface area contributed by atoms with E-state index in [1.54, 1.807) is 0 Å². The highest BCUT2D eigenvalue weighted by Gasteiger charge is 2.49. The molecule has 0 aromatic heterocycles. The van der Waals surface area contributed by atoms with E-state index in [4.69, 9.17) is 4.43 Å². The van der Waals surface area contributed by atoms with Gasteiger partial charge in [0.1, 0.15) is 0 Å². The molecule has 0 aromatic rings. The zero-order valence-electron chi connectivity index (χ0n) is 13.4. The normalized spacial score (nSPS) is 14.1. The van der Waals surface area contributed by atoms with E-state index in [2.05, 4.69) is 47.7 Å². The summed E-state index contributed by atoms with van der Waals surface area (Å²) in [5.41, 5.74) is 0.368. The largest absolute Gasteiger partial charge is 0.420 e. The Morgan fingerprint density at radius 3 is 1.88 bits per heavy atom. The van der Waals surface area contributed by atoms with Crippen LogP contribution in [0.15, 0.2) is 0 Å². The Morgan fingerprint density at radius 2 is 1.47 bits per heavy atom. The molecule has 0 atom stereocenters. The van der Waals surface area contributed by atoms with Crippen molar-refractivity contribution in [3.05, 3.63) is 0 Å². The summed E-state index contributed by atoms with van der Waals surface area (Å²) in [6, 6.07) is 0. The van der Waals surface area contributed by atoms with E-state index < -0.39 is 8.32 Å². The van der Waals surface area contributed by atoms with Crippen LogP contribution in [0.2, 0.25) is 18.1 Å². The van der Waals surface area contributed by atoms with Gasteiger partial charge in [0.05, 0.1) is 0 Å². The lowest BCUT2D eigenvalue weighted by Gasteiger charge is -2.50. The van der Waals surface area contributed by atoms with Gasteiger partial charge in [0.25, 0.3) is 0 Å². The lowest BCUT2D eigenvalue weighted by molar-refractivity contribution is 0.198. The third-order valence-corrected chi connectivity index (χ3v) is 10.1. The van der Waals surface area contributed by atoms with Crippen LogP contribution in [0, 0.1) is 5.41 Å². The molecule has 0 radical (unpaired) electrons. The van der Waals surface area contributed by atoms with Crippen LogP contribution in [0.1, 0.15) is 66.7 Å². The van der Waals surface area contributed by atoms with Gasteiger partial charge in [-0.05, 0) is 30.0 Å². The lowest BCUT2D eigenvalue weighted by Crippen LogP contribution is -2.49. The van der Waals surface area contributed by atoms with Crippen molar-refractivity contribution in [2.24, 2.45) is 5.41 Å². The van der Waals surface area contributed by atoms with Gasteiger partial charge in [-0.25, -0.2) is 0 Å². The number of rotatable bonds is 8. The summed E-state index contributed by atoms with van der Waals surface area (Å²) in [4.78, 5) is 0. The smallest absolute Gasteiger partial charge is 0.192 e. The van der Waals surface area contributed by atoms with Crippen molar-refractivity contribution in [3.63, 3.8) is 0 Å². The van der Waals surface area contributed by atoms with Crippen LogP contribution in [-0.4, -0.2) is 15.4 Å². The molecular weight excluding hydrogens is 224 g/mol. The van der Waals surface area contributed by atoms with E-state index in [0.717, 1.165) is 0 Å². The molecule has 0 aliphatic heterocycles. The number of hydrogen-bond acceptors (Lipinski definition) is 1. The van der Waals surface area contributed by atoms with E-state index >= 15 is 0 Å². The Bertz CT molecular complexity index is 219. The molecule has 0 heterocycles. The summed E-state index contributed by atoms with van der Waals surface area (Å²) in [7, 11) is 0.281. The van der Waals surface area contributed by atoms with Crippen LogP contribution < -0.4 is 0 Å². The van der Waals surface area contributed by atoms with Gasteiger partial charge in [-0.3, -0.25) is 0 Å². The average Bonchev–Trinajstić information content (AvgIpc) is 2.24. The maximum atomic E-state index is 5.86. The number of hydrogen-bond donors (Lipinski definition) is 0. The van der Waals surface area contributed by atoms with Crippen molar-refractivity contribution in [2.45, 2.75) is 84.9 Å². The molecular formula is C15H34OSi. The van der Waals surface area contributed by atoms with Crippen LogP contribution in [0.3, 0.4) is 0 Å². The fraction of sp³-hybridized carbons (Fsp3) is 1.00. The van der Waals surface area contributed by atoms with Gasteiger partial charge in [-0.1, -0.05) is 60.3 Å². The molecule has 1 nitrogen and oxygen atoms in total. The van der Waals surface area contributed by atoms with Crippen molar-refractivity contribution in [1.29, 1.82) is 0 Å². The van der Waals surface area contributed by atoms with E-state index in [9.17, 15) is 0 Å². The predicted molar refractivity (Wildman–Crippen MR) is 81.1 cm³/mol. The van der Waals surface area contributed by atoms with Crippen molar-refractivity contribution in [1.82, 2.24) is 0 Å². The van der Waals surface area contributed by atoms with Gasteiger partial charge in [0, 0.05) is 7.11 Å². The highest BCUT2D eigenvalue weighted by molar-refractivity contribution is 6.74. The van der Waals surface area contributed by atoms with Gasteiger partial charge in [-0.15, -0.1) is 0 Å². The predicted octanol–water partition coefficient (Wildman–Crippen LogP) is 5.61. The standard InChI is InChI=1S/C15H34OSi/c1-9-10-11-12-13-14(2,3)15(4,5)17(7,8)16-6/h9-13H2,1-8H3. The molecule has 0 unspecified atom stereocenters. The first-order valence-electron chi connectivity index (χ1n) is 7.17. The summed E-state index contributed by atoms with van der Waals surface area (Å²) in [5, 5.41) is 0.307. The third-order valence-electron chi connectivity index (χ3n) is 5.36. The Labute approximate surface area is 110 Å². The van der Waals surface area contributed by atoms with Crippen molar-refractivity contribution < 1.29 is 4.43 Å². The van der Waals surface area contributed by atoms with E-state index in [0.29, 0.717) is 10.5 Å². The van der Waals surface area contributed by atoms with Gasteiger partial charge in [0.15, 0.2) is 8.32 Å². The minimum absolute atomic E-state index is 0.307. The molecule has 2 heteroatoms. The molecule has 0 fully saturated rings. The molecule has 0 bridgehead atoms. The SMILES string of the molecule is CCCCCCC(C)(C)C(C)(C)[Si](C)(C)OC. The second-order valence-corrected chi connectivity index (χ2v) is 11.7. The van der Waals surface area contributed by atoms with Gasteiger partial charge < -0.3 is 4.43 Å². The Kier molecular flexibility index (Phi) is 6.44. The number of unbranched alkanes of at least 4 members (excludes halogenated alkanes) is 3. The lowest BCUT2D eigenvalue weighted by atomic mass is 9.76. The van der Waals surface area contributed by atoms with Crippen LogP contribution in [0.25, 0.3) is 0 Å². The van der Waals surface area contributed by atoms with Crippen LogP contribution in [0.5, 0.6) is 0 Å². The summed E-state index contributed by atoms with van der Waals surface area (Å²) in [6.07, 6.45) is 6.76. The van der Waals surface area contributed by atoms with Crippen LogP contribution in [-0.2, 0) is 4.43 Å². The first kappa shape index (κ1) is 17.2. The highest BCUT2D eigenvalue weighted by atomic mass is 28.4. The molecule has 0 aromatic carbocycles. The van der Waals surface area contributed by atoms with Gasteiger partial charge in [-0.2, -0.15) is 0 Å². The topological polar surface area (TPSA) is 9.23 Å². The van der Waals surface area contributed by atoms with Crippen molar-refractivity contribution in [2.75, 3.05) is 7.11 Å². The fourth-order valence-electron chi connectivity index (χ4n) is 2.38. The summed E-state index contributed by atoms with van der Waals surface area (Å²) in [6.45, 7) is 16.6. The molecule has 17 heavy (non-hydrogen) atoms. The van der Waals surface area contributed by atoms with E-state index in [1.165, 1.54) is 32.1 Å². The maximum absolute atomic E-state index is 5.86. The Balaban J connectivity index is 4.56. The summed E-state index contributed by atoms with van der Waals surface area (Å²) in [5.74, 6) is 0. The molecule has 0 saturated heterocycles. The average molecular weight is 259 g/mol. The van der Waals surface area contributed by atoms with Crippen LogP contribution >= 0.6 is 0 Å². The Morgan fingerprint density at radius 1 is 0.941 bits per heavy atom. The van der Waals surface area contributed by atoms with Crippen molar-refractivity contribution in [3.8, 4) is 0 Å². The second-order valence-electron chi connectivity index (χ2n) is 7.03. The highest BCUT2D eigenvalue weighted by Crippen LogP contribution is 2.54. The first-order chi connectivity index (χ1) is 7.62. The molecule has 0 aliphatic carbocycles. The van der Waals surface area contributed by atoms with Crippen LogP contribution in [0.4, 0.5) is 0 Å². The minimum Gasteiger partial charge on any atom is -0.420 e. The molecule has 0 aliphatic rings. The second kappa shape index (κ2) is 6.37. The maximum Gasteiger partial charge on any atom is 0.192 e. The zero-order chi connectivity index (χ0) is 13.7. The minimum atomic E-state index is -1.61. The third kappa shape index (κ3) is 4.10. The molecule has 0 rings (SSSR count). The van der Waals surface area contributed by atoms with Crippen molar-refractivity contribution >= 4 is 8.32 Å². The monoisotopic (exact) mass is 258 g/mol. The molecule has 0 saturated carbocycles. The Hall–Kier alpha value is 0.177. The molecule has 0 amide bonds. The first-order valence-corrected chi connectivity index (χ1v) is 10.1. The molecule has 0 N–H and O–H groups in total. The van der Waals surface area contributed by atoms with Gasteiger partial charge >= 0.3 is 0 Å². The van der Waals surface area contributed by atoms with E-state index in [1.807, 2.05) is 7.11 Å². The molecule has 104 valence electrons. The summed E-state index contributed by atoms with van der Waals surface area (Å²) < 4.78 is 5.86. The zero-order valence-corrected chi connectivity index (χ0v) is 14.4. The quantitative estimate of drug-likeness (QED) is 0.406. The van der Waals surface area contributed by atoms with Gasteiger partial charge in [0.2, 0.25) is 0 Å².